The molecule has 0 saturated heterocycles. The molecule has 40 heavy (non-hydrogen) atoms. The third-order valence-corrected chi connectivity index (χ3v) is 6.70. The first-order chi connectivity index (χ1) is 19.4. The van der Waals surface area contributed by atoms with Crippen LogP contribution in [0.3, 0.4) is 0 Å². The smallest absolute Gasteiger partial charge is 0.337 e. The number of rotatable bonds is 14. The van der Waals surface area contributed by atoms with Gasteiger partial charge in [-0.15, -0.1) is 0 Å². The van der Waals surface area contributed by atoms with Gasteiger partial charge in [-0.05, 0) is 68.5 Å². The first-order valence-electron chi connectivity index (χ1n) is 13.6. The van der Waals surface area contributed by atoms with Gasteiger partial charge in [-0.3, -0.25) is 9.59 Å². The summed E-state index contributed by atoms with van der Waals surface area (Å²) in [6, 6.07) is 14.1. The number of methoxy groups -OCH3 is 1. The number of esters is 1. The third-order valence-electron chi connectivity index (χ3n) is 6.70. The number of benzene rings is 2. The molecule has 216 valence electrons. The average molecular weight is 554 g/mol. The maximum atomic E-state index is 13.0. The molecule has 5 N–H and O–H groups in total. The number of aliphatic hydroxyl groups is 1. The van der Waals surface area contributed by atoms with E-state index in [-0.39, 0.29) is 36.0 Å². The number of nitrogens with one attached hydrogen (secondary N) is 2. The summed E-state index contributed by atoms with van der Waals surface area (Å²) in [6.45, 7) is 2.63. The standard InChI is InChI=1S/C30H39N3O7/c1-3-39-30-22(9-8-18-34)23(20-13-15-21(16-14-20)29(37)38-2)19-26(40-30)28(36)32-17-7-6-12-27(35)33-25-11-5-4-10-24(25)31/h4-5,10-11,13-16,19,22-23,30,34H,3,6-9,12,17-18,31H2,1-2H3,(H,32,36)(H,33,35)/t22-,23-,30-/m0/s1. The fourth-order valence-electron chi connectivity index (χ4n) is 4.63. The van der Waals surface area contributed by atoms with Crippen LogP contribution in [-0.2, 0) is 23.8 Å². The topological polar surface area (TPSA) is 149 Å². The van der Waals surface area contributed by atoms with Gasteiger partial charge in [0.15, 0.2) is 5.76 Å². The van der Waals surface area contributed by atoms with Gasteiger partial charge in [0.25, 0.3) is 5.91 Å². The number of ether oxygens (including phenoxy) is 3. The molecule has 0 aliphatic carbocycles. The number of aliphatic hydroxyl groups excluding tert-OH is 1. The Morgan fingerprint density at radius 2 is 1.80 bits per heavy atom. The minimum absolute atomic E-state index is 0.0250. The molecule has 0 spiro atoms. The maximum absolute atomic E-state index is 13.0. The summed E-state index contributed by atoms with van der Waals surface area (Å²) >= 11 is 0. The van der Waals surface area contributed by atoms with E-state index in [2.05, 4.69) is 10.6 Å². The van der Waals surface area contributed by atoms with E-state index in [1.54, 1.807) is 42.5 Å². The van der Waals surface area contributed by atoms with Gasteiger partial charge in [0.2, 0.25) is 12.2 Å². The number of carbonyl (C=O) groups is 3. The summed E-state index contributed by atoms with van der Waals surface area (Å²) < 4.78 is 16.7. The summed E-state index contributed by atoms with van der Waals surface area (Å²) in [6.07, 6.45) is 3.74. The van der Waals surface area contributed by atoms with E-state index in [1.165, 1.54) is 7.11 Å². The lowest BCUT2D eigenvalue weighted by molar-refractivity contribution is -0.166. The maximum Gasteiger partial charge on any atom is 0.337 e. The van der Waals surface area contributed by atoms with Crippen molar-refractivity contribution in [2.24, 2.45) is 5.92 Å². The highest BCUT2D eigenvalue weighted by molar-refractivity contribution is 5.94. The molecule has 0 unspecified atom stereocenters. The monoisotopic (exact) mass is 553 g/mol. The number of hydrogen-bond acceptors (Lipinski definition) is 8. The highest BCUT2D eigenvalue weighted by Crippen LogP contribution is 2.39. The predicted molar refractivity (Wildman–Crippen MR) is 151 cm³/mol. The van der Waals surface area contributed by atoms with Crippen LogP contribution in [0.15, 0.2) is 60.4 Å². The van der Waals surface area contributed by atoms with Crippen LogP contribution in [0.1, 0.15) is 60.9 Å². The summed E-state index contributed by atoms with van der Waals surface area (Å²) in [5.74, 6) is -1.18. The van der Waals surface area contributed by atoms with Crippen LogP contribution in [0.4, 0.5) is 11.4 Å². The van der Waals surface area contributed by atoms with Gasteiger partial charge < -0.3 is 35.7 Å². The second kappa shape index (κ2) is 15.6. The molecule has 1 aliphatic heterocycles. The third kappa shape index (κ3) is 8.56. The van der Waals surface area contributed by atoms with Crippen LogP contribution < -0.4 is 16.4 Å². The molecule has 3 atom stereocenters. The molecule has 0 aromatic heterocycles. The second-order valence-corrected chi connectivity index (χ2v) is 9.49. The zero-order valence-corrected chi connectivity index (χ0v) is 23.1. The highest BCUT2D eigenvalue weighted by Gasteiger charge is 2.37. The van der Waals surface area contributed by atoms with E-state index < -0.39 is 12.3 Å². The van der Waals surface area contributed by atoms with Crippen molar-refractivity contribution in [3.63, 3.8) is 0 Å². The van der Waals surface area contributed by atoms with Crippen LogP contribution in [-0.4, -0.2) is 56.0 Å². The Kier molecular flexibility index (Phi) is 12.0. The summed E-state index contributed by atoms with van der Waals surface area (Å²) in [5, 5.41) is 15.1. The van der Waals surface area contributed by atoms with Crippen molar-refractivity contribution < 1.29 is 33.7 Å². The Hall–Kier alpha value is -3.89. The quantitative estimate of drug-likeness (QED) is 0.157. The molecule has 2 aromatic rings. The fraction of sp³-hybridized carbons (Fsp3) is 0.433. The molecular weight excluding hydrogens is 514 g/mol. The Morgan fingerprint density at radius 3 is 2.48 bits per heavy atom. The molecule has 1 heterocycles. The molecule has 10 heteroatoms. The molecule has 0 bridgehead atoms. The van der Waals surface area contributed by atoms with Crippen LogP contribution in [0.2, 0.25) is 0 Å². The molecule has 0 radical (unpaired) electrons. The van der Waals surface area contributed by atoms with Gasteiger partial charge >= 0.3 is 5.97 Å². The number of amides is 2. The number of carbonyl (C=O) groups excluding carboxylic acids is 3. The van der Waals surface area contributed by atoms with E-state index in [0.29, 0.717) is 62.2 Å². The van der Waals surface area contributed by atoms with E-state index in [4.69, 9.17) is 19.9 Å². The van der Waals surface area contributed by atoms with Gasteiger partial charge in [0.05, 0.1) is 24.0 Å². The number of hydrogen-bond donors (Lipinski definition) is 4. The van der Waals surface area contributed by atoms with Crippen molar-refractivity contribution in [1.29, 1.82) is 0 Å². The van der Waals surface area contributed by atoms with E-state index in [9.17, 15) is 19.5 Å². The van der Waals surface area contributed by atoms with E-state index in [1.807, 2.05) is 19.1 Å². The van der Waals surface area contributed by atoms with Crippen molar-refractivity contribution in [3.8, 4) is 0 Å². The minimum Gasteiger partial charge on any atom is -0.465 e. The lowest BCUT2D eigenvalue weighted by Gasteiger charge is -2.37. The van der Waals surface area contributed by atoms with E-state index in [0.717, 1.165) is 5.56 Å². The van der Waals surface area contributed by atoms with Crippen LogP contribution in [0, 0.1) is 5.92 Å². The summed E-state index contributed by atoms with van der Waals surface area (Å²) in [5.41, 5.74) is 8.26. The van der Waals surface area contributed by atoms with Gasteiger partial charge in [-0.2, -0.15) is 0 Å². The number of unbranched alkanes of at least 4 members (excludes halogenated alkanes) is 1. The number of nitrogens with two attached hydrogens (primary N) is 1. The molecule has 1 aliphatic rings. The highest BCUT2D eigenvalue weighted by atomic mass is 16.7. The SMILES string of the molecule is CCO[C@H]1OC(C(=O)NCCCCC(=O)Nc2ccccc2N)=C[C@@H](c2ccc(C(=O)OC)cc2)[C@@H]1CCCO. The minimum atomic E-state index is -0.679. The van der Waals surface area contributed by atoms with Crippen molar-refractivity contribution in [2.75, 3.05) is 37.9 Å². The normalized spacial score (nSPS) is 18.3. The molecule has 0 fully saturated rings. The van der Waals surface area contributed by atoms with Gasteiger partial charge in [-0.1, -0.05) is 24.3 Å². The molecule has 10 nitrogen and oxygen atoms in total. The van der Waals surface area contributed by atoms with Crippen LogP contribution in [0.5, 0.6) is 0 Å². The zero-order valence-electron chi connectivity index (χ0n) is 23.1. The Labute approximate surface area is 234 Å². The van der Waals surface area contributed by atoms with Crippen LogP contribution >= 0.6 is 0 Å². The lowest BCUT2D eigenvalue weighted by Crippen LogP contribution is -2.39. The number of nitrogen functional groups attached to an aromatic ring is 1. The fourth-order valence-corrected chi connectivity index (χ4v) is 4.63. The first kappa shape index (κ1) is 30.6. The van der Waals surface area contributed by atoms with Crippen molar-refractivity contribution in [3.05, 3.63) is 71.5 Å². The van der Waals surface area contributed by atoms with Crippen molar-refractivity contribution >= 4 is 29.2 Å². The van der Waals surface area contributed by atoms with Crippen molar-refractivity contribution in [2.45, 2.75) is 51.2 Å². The summed E-state index contributed by atoms with van der Waals surface area (Å²) in [4.78, 5) is 37.2. The van der Waals surface area contributed by atoms with Gasteiger partial charge in [0.1, 0.15) is 0 Å². The largest absolute Gasteiger partial charge is 0.465 e. The number of para-hydroxylation sites is 2. The molecule has 3 rings (SSSR count). The van der Waals surface area contributed by atoms with Crippen LogP contribution in [0.25, 0.3) is 0 Å². The van der Waals surface area contributed by atoms with Crippen molar-refractivity contribution in [1.82, 2.24) is 5.32 Å². The second-order valence-electron chi connectivity index (χ2n) is 9.49. The molecule has 0 saturated carbocycles. The zero-order chi connectivity index (χ0) is 28.9. The molecule has 2 amide bonds. The lowest BCUT2D eigenvalue weighted by atomic mass is 9.80. The first-order valence-corrected chi connectivity index (χ1v) is 13.6. The Balaban J connectivity index is 1.63. The molecular formula is C30H39N3O7. The van der Waals surface area contributed by atoms with E-state index >= 15 is 0 Å². The predicted octanol–water partition coefficient (Wildman–Crippen LogP) is 3.73. The molecule has 2 aromatic carbocycles. The van der Waals surface area contributed by atoms with Gasteiger partial charge in [0, 0.05) is 38.0 Å². The number of anilines is 2. The summed E-state index contributed by atoms with van der Waals surface area (Å²) in [7, 11) is 1.33. The Bertz CT molecular complexity index is 1170. The Morgan fingerprint density at radius 1 is 1.05 bits per heavy atom. The number of allylic oxidation sites excluding steroid dienone is 1. The average Bonchev–Trinajstić information content (AvgIpc) is 2.97. The van der Waals surface area contributed by atoms with Gasteiger partial charge in [-0.25, -0.2) is 4.79 Å².